The van der Waals surface area contributed by atoms with Gasteiger partial charge in [-0.3, -0.25) is 4.79 Å². The van der Waals surface area contributed by atoms with E-state index < -0.39 is 0 Å². The van der Waals surface area contributed by atoms with Crippen molar-refractivity contribution in [1.29, 1.82) is 0 Å². The molecule has 0 aliphatic heterocycles. The number of anilines is 1. The number of carbonyl (C=O) groups is 1. The summed E-state index contributed by atoms with van der Waals surface area (Å²) in [6.07, 6.45) is 3.28. The van der Waals surface area contributed by atoms with E-state index in [1.54, 1.807) is 6.08 Å². The summed E-state index contributed by atoms with van der Waals surface area (Å²) in [5.74, 6) is -0.0614. The molecular weight excluding hydrogens is 240 g/mol. The lowest BCUT2D eigenvalue weighted by molar-refractivity contribution is -0.116. The summed E-state index contributed by atoms with van der Waals surface area (Å²) in [6, 6.07) is 7.95. The molecule has 0 radical (unpaired) electrons. The van der Waals surface area contributed by atoms with Gasteiger partial charge in [0.15, 0.2) is 0 Å². The minimum absolute atomic E-state index is 0.0794. The van der Waals surface area contributed by atoms with E-state index in [0.717, 1.165) is 11.3 Å². The highest BCUT2D eigenvalue weighted by molar-refractivity contribution is 5.91. The molecule has 104 valence electrons. The van der Waals surface area contributed by atoms with E-state index in [-0.39, 0.29) is 18.4 Å². The molecule has 0 heterocycles. The number of nitrogens with zero attached hydrogens (tertiary/aromatic N) is 1. The molecule has 0 spiro atoms. The quantitative estimate of drug-likeness (QED) is 0.764. The number of nitrogens with one attached hydrogen (secondary N) is 1. The van der Waals surface area contributed by atoms with Gasteiger partial charge in [-0.2, -0.15) is 0 Å². The van der Waals surface area contributed by atoms with E-state index in [1.807, 2.05) is 50.2 Å². The summed E-state index contributed by atoms with van der Waals surface area (Å²) >= 11 is 0. The average molecular weight is 262 g/mol. The number of hydrogen-bond acceptors (Lipinski definition) is 3. The zero-order chi connectivity index (χ0) is 14.3. The van der Waals surface area contributed by atoms with Crippen LogP contribution in [-0.2, 0) is 4.79 Å². The van der Waals surface area contributed by atoms with E-state index in [0.29, 0.717) is 6.54 Å². The van der Waals surface area contributed by atoms with E-state index >= 15 is 0 Å². The molecule has 1 atom stereocenters. The molecule has 0 saturated carbocycles. The normalized spacial score (nSPS) is 12.4. The van der Waals surface area contributed by atoms with Gasteiger partial charge in [0.1, 0.15) is 0 Å². The minimum Gasteiger partial charge on any atom is -0.396 e. The SMILES string of the molecule is CC(CO)CNC(=O)C=Cc1ccc(N(C)C)cc1. The van der Waals surface area contributed by atoms with Crippen molar-refractivity contribution in [1.82, 2.24) is 5.32 Å². The van der Waals surface area contributed by atoms with Crippen molar-refractivity contribution in [2.24, 2.45) is 5.92 Å². The maximum absolute atomic E-state index is 11.5. The third kappa shape index (κ3) is 5.57. The predicted molar refractivity (Wildman–Crippen MR) is 79.1 cm³/mol. The molecule has 1 aromatic rings. The van der Waals surface area contributed by atoms with Gasteiger partial charge in [-0.25, -0.2) is 0 Å². The Kier molecular flexibility index (Phi) is 6.09. The number of rotatable bonds is 6. The molecule has 0 saturated heterocycles. The van der Waals surface area contributed by atoms with Gasteiger partial charge in [0.05, 0.1) is 0 Å². The Hall–Kier alpha value is -1.81. The fourth-order valence-electron chi connectivity index (χ4n) is 1.45. The predicted octanol–water partition coefficient (Wildman–Crippen LogP) is 1.51. The van der Waals surface area contributed by atoms with Gasteiger partial charge in [-0.15, -0.1) is 0 Å². The summed E-state index contributed by atoms with van der Waals surface area (Å²) in [6.45, 7) is 2.44. The van der Waals surface area contributed by atoms with Crippen LogP contribution in [0.25, 0.3) is 6.08 Å². The second-order valence-electron chi connectivity index (χ2n) is 4.85. The molecule has 4 heteroatoms. The standard InChI is InChI=1S/C15H22N2O2/c1-12(11-18)10-16-15(19)9-6-13-4-7-14(8-5-13)17(2)3/h4-9,12,18H,10-11H2,1-3H3,(H,16,19). The Morgan fingerprint density at radius 2 is 2.00 bits per heavy atom. The van der Waals surface area contributed by atoms with E-state index in [1.165, 1.54) is 6.08 Å². The van der Waals surface area contributed by atoms with Gasteiger partial charge < -0.3 is 15.3 Å². The Morgan fingerprint density at radius 3 is 2.53 bits per heavy atom. The van der Waals surface area contributed by atoms with E-state index in [9.17, 15) is 4.79 Å². The molecule has 1 unspecified atom stereocenters. The molecule has 2 N–H and O–H groups in total. The number of carbonyl (C=O) groups excluding carboxylic acids is 1. The van der Waals surface area contributed by atoms with Crippen LogP contribution in [0.5, 0.6) is 0 Å². The van der Waals surface area contributed by atoms with Gasteiger partial charge in [0.2, 0.25) is 5.91 Å². The highest BCUT2D eigenvalue weighted by atomic mass is 16.3. The zero-order valence-corrected chi connectivity index (χ0v) is 11.8. The molecule has 4 nitrogen and oxygen atoms in total. The second-order valence-corrected chi connectivity index (χ2v) is 4.85. The Bertz CT molecular complexity index is 424. The molecule has 0 aromatic heterocycles. The van der Waals surface area contributed by atoms with Crippen LogP contribution in [0.4, 0.5) is 5.69 Å². The maximum atomic E-state index is 11.5. The highest BCUT2D eigenvalue weighted by Crippen LogP contribution is 2.12. The largest absolute Gasteiger partial charge is 0.396 e. The van der Waals surface area contributed by atoms with Crippen molar-refractivity contribution in [3.63, 3.8) is 0 Å². The van der Waals surface area contributed by atoms with Crippen LogP contribution in [0.15, 0.2) is 30.3 Å². The lowest BCUT2D eigenvalue weighted by atomic mass is 10.2. The van der Waals surface area contributed by atoms with Crippen LogP contribution in [0.1, 0.15) is 12.5 Å². The van der Waals surface area contributed by atoms with Crippen LogP contribution in [0, 0.1) is 5.92 Å². The van der Waals surface area contributed by atoms with Crippen molar-refractivity contribution in [2.45, 2.75) is 6.92 Å². The van der Waals surface area contributed by atoms with Crippen LogP contribution in [0.3, 0.4) is 0 Å². The third-order valence-corrected chi connectivity index (χ3v) is 2.77. The van der Waals surface area contributed by atoms with Gasteiger partial charge in [0.25, 0.3) is 0 Å². The average Bonchev–Trinajstić information content (AvgIpc) is 2.42. The zero-order valence-electron chi connectivity index (χ0n) is 11.8. The fourth-order valence-corrected chi connectivity index (χ4v) is 1.45. The second kappa shape index (κ2) is 7.59. The first-order valence-corrected chi connectivity index (χ1v) is 6.37. The van der Waals surface area contributed by atoms with E-state index in [4.69, 9.17) is 5.11 Å². The minimum atomic E-state index is -0.142. The first-order valence-electron chi connectivity index (χ1n) is 6.37. The van der Waals surface area contributed by atoms with Crippen LogP contribution < -0.4 is 10.2 Å². The Morgan fingerprint density at radius 1 is 1.37 bits per heavy atom. The Labute approximate surface area is 114 Å². The van der Waals surface area contributed by atoms with Crippen molar-refractivity contribution >= 4 is 17.7 Å². The van der Waals surface area contributed by atoms with Gasteiger partial charge in [-0.05, 0) is 29.7 Å². The highest BCUT2D eigenvalue weighted by Gasteiger charge is 2.01. The number of aliphatic hydroxyl groups is 1. The molecule has 1 aromatic carbocycles. The molecule has 1 amide bonds. The van der Waals surface area contributed by atoms with Crippen molar-refractivity contribution in [2.75, 3.05) is 32.1 Å². The smallest absolute Gasteiger partial charge is 0.244 e. The molecule has 19 heavy (non-hydrogen) atoms. The summed E-state index contributed by atoms with van der Waals surface area (Å²) in [4.78, 5) is 13.5. The van der Waals surface area contributed by atoms with Crippen molar-refractivity contribution in [3.05, 3.63) is 35.9 Å². The topological polar surface area (TPSA) is 52.6 Å². The fraction of sp³-hybridized carbons (Fsp3) is 0.400. The maximum Gasteiger partial charge on any atom is 0.244 e. The molecule has 1 rings (SSSR count). The number of hydrogen-bond donors (Lipinski definition) is 2. The summed E-state index contributed by atoms with van der Waals surface area (Å²) in [7, 11) is 3.97. The molecule has 0 aliphatic carbocycles. The van der Waals surface area contributed by atoms with Crippen LogP contribution in [-0.4, -0.2) is 38.3 Å². The van der Waals surface area contributed by atoms with Crippen molar-refractivity contribution < 1.29 is 9.90 Å². The molecule has 0 fully saturated rings. The number of amides is 1. The first kappa shape index (κ1) is 15.2. The molecule has 0 aliphatic rings. The van der Waals surface area contributed by atoms with Gasteiger partial charge >= 0.3 is 0 Å². The van der Waals surface area contributed by atoms with Crippen LogP contribution >= 0.6 is 0 Å². The lowest BCUT2D eigenvalue weighted by Gasteiger charge is -2.11. The first-order chi connectivity index (χ1) is 9.02. The Balaban J connectivity index is 2.49. The summed E-state index contributed by atoms with van der Waals surface area (Å²) < 4.78 is 0. The van der Waals surface area contributed by atoms with Gasteiger partial charge in [-0.1, -0.05) is 19.1 Å². The summed E-state index contributed by atoms with van der Waals surface area (Å²) in [5.41, 5.74) is 2.11. The molecule has 0 bridgehead atoms. The monoisotopic (exact) mass is 262 g/mol. The van der Waals surface area contributed by atoms with Crippen molar-refractivity contribution in [3.8, 4) is 0 Å². The lowest BCUT2D eigenvalue weighted by Crippen LogP contribution is -2.27. The third-order valence-electron chi connectivity index (χ3n) is 2.77. The number of benzene rings is 1. The van der Waals surface area contributed by atoms with Crippen LogP contribution in [0.2, 0.25) is 0 Å². The van der Waals surface area contributed by atoms with E-state index in [2.05, 4.69) is 5.32 Å². The number of aliphatic hydroxyl groups excluding tert-OH is 1. The molecular formula is C15H22N2O2. The van der Waals surface area contributed by atoms with Gasteiger partial charge in [0, 0.05) is 39.0 Å². The summed E-state index contributed by atoms with van der Waals surface area (Å²) in [5, 5.41) is 11.6.